The number of rotatable bonds is 5. The zero-order valence-corrected chi connectivity index (χ0v) is 12.4. The molecule has 0 heterocycles. The first kappa shape index (κ1) is 16.8. The summed E-state index contributed by atoms with van der Waals surface area (Å²) in [5, 5.41) is 5.60. The van der Waals surface area contributed by atoms with Crippen molar-refractivity contribution in [1.29, 1.82) is 0 Å². The van der Waals surface area contributed by atoms with Crippen LogP contribution in [0.5, 0.6) is 0 Å². The third-order valence-electron chi connectivity index (χ3n) is 2.19. The number of ether oxygens (including phenoxy) is 1. The fourth-order valence-corrected chi connectivity index (χ4v) is 1.84. The lowest BCUT2D eigenvalue weighted by atomic mass is 9.86. The van der Waals surface area contributed by atoms with Crippen LogP contribution in [-0.2, 0) is 14.3 Å². The van der Waals surface area contributed by atoms with Crippen LogP contribution >= 0.6 is 12.2 Å². The average molecular weight is 274 g/mol. The zero-order valence-electron chi connectivity index (χ0n) is 11.6. The van der Waals surface area contributed by atoms with Crippen molar-refractivity contribution in [2.75, 3.05) is 13.2 Å². The molecule has 0 spiro atoms. The zero-order chi connectivity index (χ0) is 14.3. The van der Waals surface area contributed by atoms with E-state index in [9.17, 15) is 9.59 Å². The summed E-state index contributed by atoms with van der Waals surface area (Å²) >= 11 is 5.21. The fourth-order valence-electron chi connectivity index (χ4n) is 1.35. The van der Waals surface area contributed by atoms with Gasteiger partial charge >= 0.3 is 5.97 Å². The van der Waals surface area contributed by atoms with E-state index in [1.807, 2.05) is 20.8 Å². The van der Waals surface area contributed by atoms with Crippen LogP contribution in [0, 0.1) is 5.41 Å². The number of thiocarbonyl (C=S) groups is 1. The van der Waals surface area contributed by atoms with Crippen molar-refractivity contribution < 1.29 is 14.3 Å². The molecule has 1 unspecified atom stereocenters. The summed E-state index contributed by atoms with van der Waals surface area (Å²) in [6, 6.07) is -0.320. The summed E-state index contributed by atoms with van der Waals surface area (Å²) in [4.78, 5) is 22.8. The maximum absolute atomic E-state index is 11.2. The molecule has 0 aliphatic rings. The summed E-state index contributed by atoms with van der Waals surface area (Å²) in [5.41, 5.74) is -0.232. The monoisotopic (exact) mass is 274 g/mol. The molecule has 0 bridgehead atoms. The van der Waals surface area contributed by atoms with Crippen LogP contribution in [0.2, 0.25) is 0 Å². The maximum Gasteiger partial charge on any atom is 0.325 e. The van der Waals surface area contributed by atoms with E-state index in [0.29, 0.717) is 11.6 Å². The van der Waals surface area contributed by atoms with E-state index in [0.717, 1.165) is 0 Å². The van der Waals surface area contributed by atoms with Crippen molar-refractivity contribution in [2.45, 2.75) is 40.7 Å². The van der Waals surface area contributed by atoms with E-state index in [4.69, 9.17) is 17.0 Å². The van der Waals surface area contributed by atoms with Gasteiger partial charge in [-0.05, 0) is 12.3 Å². The standard InChI is InChI=1S/C12H22N2O3S/c1-6-17-9(16)7-13-11(18)10(12(3,4)5)14-8(2)15/h10H,6-7H2,1-5H3,(H,13,18)(H,14,15). The molecular weight excluding hydrogens is 252 g/mol. The van der Waals surface area contributed by atoms with Gasteiger partial charge in [0.25, 0.3) is 0 Å². The Morgan fingerprint density at radius 2 is 1.89 bits per heavy atom. The molecule has 0 saturated carbocycles. The molecular formula is C12H22N2O3S. The van der Waals surface area contributed by atoms with E-state index in [1.165, 1.54) is 6.92 Å². The largest absolute Gasteiger partial charge is 0.465 e. The van der Waals surface area contributed by atoms with Crippen LogP contribution in [0.4, 0.5) is 0 Å². The Morgan fingerprint density at radius 3 is 2.28 bits per heavy atom. The number of carbonyl (C=O) groups excluding carboxylic acids is 2. The molecule has 2 N–H and O–H groups in total. The van der Waals surface area contributed by atoms with Gasteiger partial charge in [0.2, 0.25) is 5.91 Å². The molecule has 0 fully saturated rings. The SMILES string of the molecule is CCOC(=O)CNC(=S)C(NC(C)=O)C(C)(C)C. The van der Waals surface area contributed by atoms with Gasteiger partial charge in [0.15, 0.2) is 0 Å². The number of nitrogens with one attached hydrogen (secondary N) is 2. The number of hydrogen-bond donors (Lipinski definition) is 2. The maximum atomic E-state index is 11.2. The Kier molecular flexibility index (Phi) is 6.83. The van der Waals surface area contributed by atoms with Crippen molar-refractivity contribution in [3.05, 3.63) is 0 Å². The van der Waals surface area contributed by atoms with Crippen molar-refractivity contribution >= 4 is 29.1 Å². The Balaban J connectivity index is 4.49. The lowest BCUT2D eigenvalue weighted by Crippen LogP contribution is -2.53. The van der Waals surface area contributed by atoms with Crippen molar-refractivity contribution in [2.24, 2.45) is 5.41 Å². The van der Waals surface area contributed by atoms with Crippen molar-refractivity contribution in [3.63, 3.8) is 0 Å². The van der Waals surface area contributed by atoms with E-state index in [-0.39, 0.29) is 29.9 Å². The molecule has 1 atom stereocenters. The predicted octanol–water partition coefficient (Wildman–Crippen LogP) is 1.02. The number of carbonyl (C=O) groups is 2. The molecule has 104 valence electrons. The average Bonchev–Trinajstić information content (AvgIpc) is 2.21. The summed E-state index contributed by atoms with van der Waals surface area (Å²) in [6.45, 7) is 9.42. The van der Waals surface area contributed by atoms with E-state index < -0.39 is 0 Å². The van der Waals surface area contributed by atoms with Crippen LogP contribution in [0.3, 0.4) is 0 Å². The summed E-state index contributed by atoms with van der Waals surface area (Å²) < 4.78 is 4.79. The smallest absolute Gasteiger partial charge is 0.325 e. The molecule has 0 radical (unpaired) electrons. The third kappa shape index (κ3) is 6.54. The third-order valence-corrected chi connectivity index (χ3v) is 2.57. The highest BCUT2D eigenvalue weighted by Crippen LogP contribution is 2.20. The molecule has 5 nitrogen and oxygen atoms in total. The molecule has 0 aromatic carbocycles. The number of hydrogen-bond acceptors (Lipinski definition) is 4. The number of amides is 1. The molecule has 0 aliphatic heterocycles. The topological polar surface area (TPSA) is 67.4 Å². The van der Waals surface area contributed by atoms with E-state index in [2.05, 4.69) is 10.6 Å². The van der Waals surface area contributed by atoms with Gasteiger partial charge in [-0.2, -0.15) is 0 Å². The van der Waals surface area contributed by atoms with Crippen LogP contribution < -0.4 is 10.6 Å². The quantitative estimate of drug-likeness (QED) is 0.579. The predicted molar refractivity (Wildman–Crippen MR) is 74.3 cm³/mol. The lowest BCUT2D eigenvalue weighted by Gasteiger charge is -2.31. The molecule has 0 aromatic rings. The highest BCUT2D eigenvalue weighted by Gasteiger charge is 2.29. The van der Waals surface area contributed by atoms with Gasteiger partial charge in [0, 0.05) is 6.92 Å². The molecule has 0 aromatic heterocycles. The van der Waals surface area contributed by atoms with Crippen LogP contribution in [-0.4, -0.2) is 36.1 Å². The minimum absolute atomic E-state index is 0.0127. The first-order valence-corrected chi connectivity index (χ1v) is 6.29. The van der Waals surface area contributed by atoms with E-state index in [1.54, 1.807) is 6.92 Å². The van der Waals surface area contributed by atoms with Crippen molar-refractivity contribution in [1.82, 2.24) is 10.6 Å². The molecule has 6 heteroatoms. The second-order valence-corrected chi connectivity index (χ2v) is 5.46. The highest BCUT2D eigenvalue weighted by atomic mass is 32.1. The second-order valence-electron chi connectivity index (χ2n) is 5.02. The molecule has 1 amide bonds. The van der Waals surface area contributed by atoms with Crippen LogP contribution in [0.1, 0.15) is 34.6 Å². The molecule has 0 aliphatic carbocycles. The molecule has 0 rings (SSSR count). The Bertz CT molecular complexity index is 324. The normalized spacial score (nSPS) is 12.5. The van der Waals surface area contributed by atoms with Gasteiger partial charge in [-0.3, -0.25) is 9.59 Å². The Labute approximate surface area is 114 Å². The summed E-state index contributed by atoms with van der Waals surface area (Å²) in [7, 11) is 0. The van der Waals surface area contributed by atoms with Crippen LogP contribution in [0.25, 0.3) is 0 Å². The highest BCUT2D eigenvalue weighted by molar-refractivity contribution is 7.80. The first-order valence-electron chi connectivity index (χ1n) is 5.89. The second kappa shape index (κ2) is 7.31. The van der Waals surface area contributed by atoms with Crippen molar-refractivity contribution in [3.8, 4) is 0 Å². The van der Waals surface area contributed by atoms with Crippen LogP contribution in [0.15, 0.2) is 0 Å². The van der Waals surface area contributed by atoms with Gasteiger partial charge in [-0.1, -0.05) is 33.0 Å². The molecule has 18 heavy (non-hydrogen) atoms. The summed E-state index contributed by atoms with van der Waals surface area (Å²) in [5.74, 6) is -0.523. The first-order chi connectivity index (χ1) is 8.18. The lowest BCUT2D eigenvalue weighted by molar-refractivity contribution is -0.141. The van der Waals surface area contributed by atoms with E-state index >= 15 is 0 Å². The van der Waals surface area contributed by atoms with Gasteiger partial charge in [-0.15, -0.1) is 0 Å². The summed E-state index contributed by atoms with van der Waals surface area (Å²) in [6.07, 6.45) is 0. The minimum atomic E-state index is -0.365. The Hall–Kier alpha value is -1.17. The molecule has 0 saturated heterocycles. The van der Waals surface area contributed by atoms with Gasteiger partial charge < -0.3 is 15.4 Å². The minimum Gasteiger partial charge on any atom is -0.465 e. The van der Waals surface area contributed by atoms with Gasteiger partial charge in [0.05, 0.1) is 17.6 Å². The number of esters is 1. The van der Waals surface area contributed by atoms with Gasteiger partial charge in [-0.25, -0.2) is 0 Å². The Morgan fingerprint density at radius 1 is 1.33 bits per heavy atom. The van der Waals surface area contributed by atoms with Gasteiger partial charge in [0.1, 0.15) is 6.54 Å². The fraction of sp³-hybridized carbons (Fsp3) is 0.750.